The highest BCUT2D eigenvalue weighted by Crippen LogP contribution is 2.34. The van der Waals surface area contributed by atoms with E-state index in [9.17, 15) is 0 Å². The molecule has 2 aliphatic rings. The first-order chi connectivity index (χ1) is 8.16. The number of guanidine groups is 1. The van der Waals surface area contributed by atoms with Crippen LogP contribution in [0.5, 0.6) is 0 Å². The van der Waals surface area contributed by atoms with E-state index in [0.29, 0.717) is 12.0 Å². The van der Waals surface area contributed by atoms with Gasteiger partial charge in [-0.15, -0.1) is 0 Å². The van der Waals surface area contributed by atoms with Crippen molar-refractivity contribution in [3.05, 3.63) is 0 Å². The van der Waals surface area contributed by atoms with Crippen molar-refractivity contribution in [2.24, 2.45) is 22.6 Å². The van der Waals surface area contributed by atoms with Crippen LogP contribution in [0.1, 0.15) is 32.1 Å². The Morgan fingerprint density at radius 2 is 2.06 bits per heavy atom. The SMILES string of the molecule is CN(C)C(CN=C(N)NCC1CCC1)C1CC1. The number of nitrogens with one attached hydrogen (secondary N) is 1. The van der Waals surface area contributed by atoms with Crippen LogP contribution in [-0.2, 0) is 0 Å². The Labute approximate surface area is 105 Å². The van der Waals surface area contributed by atoms with Gasteiger partial charge >= 0.3 is 0 Å². The maximum Gasteiger partial charge on any atom is 0.188 e. The van der Waals surface area contributed by atoms with Crippen LogP contribution in [0, 0.1) is 11.8 Å². The van der Waals surface area contributed by atoms with E-state index in [1.807, 2.05) is 0 Å². The molecule has 98 valence electrons. The molecule has 0 aromatic carbocycles. The first kappa shape index (κ1) is 12.7. The summed E-state index contributed by atoms with van der Waals surface area (Å²) in [6.07, 6.45) is 6.79. The molecule has 2 fully saturated rings. The van der Waals surface area contributed by atoms with Gasteiger partial charge in [0.05, 0.1) is 6.54 Å². The first-order valence-electron chi connectivity index (χ1n) is 6.87. The lowest BCUT2D eigenvalue weighted by Gasteiger charge is -2.26. The minimum Gasteiger partial charge on any atom is -0.370 e. The zero-order valence-corrected chi connectivity index (χ0v) is 11.2. The monoisotopic (exact) mass is 238 g/mol. The van der Waals surface area contributed by atoms with Gasteiger partial charge in [-0.1, -0.05) is 6.42 Å². The highest BCUT2D eigenvalue weighted by molar-refractivity contribution is 5.77. The molecule has 2 aliphatic carbocycles. The number of aliphatic imine (C=N–C) groups is 1. The van der Waals surface area contributed by atoms with Gasteiger partial charge in [0.15, 0.2) is 5.96 Å². The lowest BCUT2D eigenvalue weighted by atomic mass is 9.85. The van der Waals surface area contributed by atoms with E-state index >= 15 is 0 Å². The number of rotatable bonds is 6. The van der Waals surface area contributed by atoms with Gasteiger partial charge in [0.1, 0.15) is 0 Å². The largest absolute Gasteiger partial charge is 0.370 e. The predicted molar refractivity (Wildman–Crippen MR) is 72.0 cm³/mol. The molecule has 0 saturated heterocycles. The Balaban J connectivity index is 1.69. The third kappa shape index (κ3) is 3.87. The van der Waals surface area contributed by atoms with Crippen LogP contribution >= 0.6 is 0 Å². The standard InChI is InChI=1S/C13H26N4/c1-17(2)12(11-6-7-11)9-16-13(14)15-8-10-4-3-5-10/h10-12H,3-9H2,1-2H3,(H3,14,15,16). The molecule has 0 spiro atoms. The fourth-order valence-electron chi connectivity index (χ4n) is 2.41. The number of nitrogens with two attached hydrogens (primary N) is 1. The Morgan fingerprint density at radius 3 is 2.53 bits per heavy atom. The second-order valence-corrected chi connectivity index (χ2v) is 5.77. The molecule has 0 aromatic heterocycles. The summed E-state index contributed by atoms with van der Waals surface area (Å²) in [7, 11) is 4.27. The minimum atomic E-state index is 0.569. The van der Waals surface area contributed by atoms with Crippen LogP contribution in [0.15, 0.2) is 4.99 Å². The maximum atomic E-state index is 5.89. The average Bonchev–Trinajstić information content (AvgIpc) is 2.99. The van der Waals surface area contributed by atoms with Crippen molar-refractivity contribution in [2.75, 3.05) is 27.2 Å². The van der Waals surface area contributed by atoms with Crippen molar-refractivity contribution in [1.29, 1.82) is 0 Å². The molecule has 0 amide bonds. The van der Waals surface area contributed by atoms with Crippen molar-refractivity contribution in [2.45, 2.75) is 38.1 Å². The molecular formula is C13H26N4. The smallest absolute Gasteiger partial charge is 0.188 e. The molecule has 1 atom stereocenters. The molecule has 2 rings (SSSR count). The second kappa shape index (κ2) is 5.71. The zero-order valence-electron chi connectivity index (χ0n) is 11.2. The molecular weight excluding hydrogens is 212 g/mol. The molecule has 17 heavy (non-hydrogen) atoms. The molecule has 1 unspecified atom stereocenters. The van der Waals surface area contributed by atoms with Crippen molar-refractivity contribution in [1.82, 2.24) is 10.2 Å². The molecule has 4 nitrogen and oxygen atoms in total. The normalized spacial score (nSPS) is 23.6. The zero-order chi connectivity index (χ0) is 12.3. The minimum absolute atomic E-state index is 0.569. The highest BCUT2D eigenvalue weighted by atomic mass is 15.2. The molecule has 0 aliphatic heterocycles. The van der Waals surface area contributed by atoms with Crippen molar-refractivity contribution in [3.8, 4) is 0 Å². The van der Waals surface area contributed by atoms with E-state index in [0.717, 1.165) is 24.9 Å². The first-order valence-corrected chi connectivity index (χ1v) is 6.87. The van der Waals surface area contributed by atoms with Gasteiger partial charge in [-0.3, -0.25) is 4.99 Å². The van der Waals surface area contributed by atoms with Crippen LogP contribution in [0.25, 0.3) is 0 Å². The lowest BCUT2D eigenvalue weighted by molar-refractivity contribution is 0.271. The lowest BCUT2D eigenvalue weighted by Crippen LogP contribution is -2.39. The fraction of sp³-hybridized carbons (Fsp3) is 0.923. The molecule has 2 saturated carbocycles. The van der Waals surface area contributed by atoms with E-state index in [-0.39, 0.29) is 0 Å². The van der Waals surface area contributed by atoms with E-state index in [1.165, 1.54) is 32.1 Å². The van der Waals surface area contributed by atoms with Gasteiger partial charge in [-0.25, -0.2) is 0 Å². The van der Waals surface area contributed by atoms with Gasteiger partial charge in [-0.05, 0) is 51.6 Å². The molecule has 0 aromatic rings. The van der Waals surface area contributed by atoms with E-state index < -0.39 is 0 Å². The summed E-state index contributed by atoms with van der Waals surface area (Å²) in [4.78, 5) is 6.76. The molecule has 3 N–H and O–H groups in total. The van der Waals surface area contributed by atoms with Crippen LogP contribution in [-0.4, -0.2) is 44.1 Å². The van der Waals surface area contributed by atoms with Crippen LogP contribution < -0.4 is 11.1 Å². The van der Waals surface area contributed by atoms with Crippen LogP contribution in [0.3, 0.4) is 0 Å². The molecule has 0 bridgehead atoms. The fourth-order valence-corrected chi connectivity index (χ4v) is 2.41. The summed E-state index contributed by atoms with van der Waals surface area (Å²) in [5.41, 5.74) is 5.89. The quantitative estimate of drug-likeness (QED) is 0.537. The van der Waals surface area contributed by atoms with Crippen molar-refractivity contribution in [3.63, 3.8) is 0 Å². The topological polar surface area (TPSA) is 53.6 Å². The second-order valence-electron chi connectivity index (χ2n) is 5.77. The number of nitrogens with zero attached hydrogens (tertiary/aromatic N) is 2. The average molecular weight is 238 g/mol. The number of likely N-dealkylation sites (N-methyl/N-ethyl adjacent to an activating group) is 1. The molecule has 0 radical (unpaired) electrons. The van der Waals surface area contributed by atoms with E-state index in [1.54, 1.807) is 0 Å². The third-order valence-electron chi connectivity index (χ3n) is 4.07. The van der Waals surface area contributed by atoms with Gasteiger partial charge in [0, 0.05) is 12.6 Å². The van der Waals surface area contributed by atoms with Gasteiger partial charge in [-0.2, -0.15) is 0 Å². The number of hydrogen-bond donors (Lipinski definition) is 2. The summed E-state index contributed by atoms with van der Waals surface area (Å²) in [5.74, 6) is 2.30. The molecule has 0 heterocycles. The molecule has 4 heteroatoms. The van der Waals surface area contributed by atoms with Crippen molar-refractivity contribution >= 4 is 5.96 Å². The Hall–Kier alpha value is -0.770. The summed E-state index contributed by atoms with van der Waals surface area (Å²) < 4.78 is 0. The highest BCUT2D eigenvalue weighted by Gasteiger charge is 2.32. The van der Waals surface area contributed by atoms with E-state index in [4.69, 9.17) is 5.73 Å². The summed E-state index contributed by atoms with van der Waals surface area (Å²) >= 11 is 0. The Morgan fingerprint density at radius 1 is 1.35 bits per heavy atom. The number of hydrogen-bond acceptors (Lipinski definition) is 2. The van der Waals surface area contributed by atoms with Crippen LogP contribution in [0.4, 0.5) is 0 Å². The van der Waals surface area contributed by atoms with Gasteiger partial charge in [0.25, 0.3) is 0 Å². The van der Waals surface area contributed by atoms with Crippen molar-refractivity contribution < 1.29 is 0 Å². The van der Waals surface area contributed by atoms with Gasteiger partial charge in [0.2, 0.25) is 0 Å². The summed E-state index contributed by atoms with van der Waals surface area (Å²) in [5, 5.41) is 3.25. The third-order valence-corrected chi connectivity index (χ3v) is 4.07. The predicted octanol–water partition coefficient (Wildman–Crippen LogP) is 1.03. The Kier molecular flexibility index (Phi) is 4.26. The summed E-state index contributed by atoms with van der Waals surface area (Å²) in [6, 6.07) is 0.569. The van der Waals surface area contributed by atoms with E-state index in [2.05, 4.69) is 29.3 Å². The Bertz CT molecular complexity index is 265. The van der Waals surface area contributed by atoms with Crippen LogP contribution in [0.2, 0.25) is 0 Å². The maximum absolute atomic E-state index is 5.89. The van der Waals surface area contributed by atoms with Gasteiger partial charge < -0.3 is 16.0 Å². The summed E-state index contributed by atoms with van der Waals surface area (Å²) in [6.45, 7) is 1.84.